The summed E-state index contributed by atoms with van der Waals surface area (Å²) < 4.78 is 5.30. The molecule has 0 radical (unpaired) electrons. The Morgan fingerprint density at radius 1 is 1.36 bits per heavy atom. The molecule has 0 aliphatic carbocycles. The maximum absolute atomic E-state index is 12.8. The fourth-order valence-electron chi connectivity index (χ4n) is 2.83. The van der Waals surface area contributed by atoms with Crippen molar-refractivity contribution in [2.24, 2.45) is 0 Å². The smallest absolute Gasteiger partial charge is 0.258 e. The van der Waals surface area contributed by atoms with Crippen molar-refractivity contribution in [3.05, 3.63) is 29.3 Å². The molecule has 22 heavy (non-hydrogen) atoms. The number of ether oxygens (including phenoxy) is 1. The minimum Gasteiger partial charge on any atom is -0.496 e. The first-order chi connectivity index (χ1) is 10.6. The van der Waals surface area contributed by atoms with Crippen LogP contribution in [0.25, 0.3) is 0 Å². The number of methoxy groups -OCH3 is 1. The van der Waals surface area contributed by atoms with E-state index in [4.69, 9.17) is 9.84 Å². The second-order valence-corrected chi connectivity index (χ2v) is 5.58. The predicted octanol–water partition coefficient (Wildman–Crippen LogP) is 0.115. The van der Waals surface area contributed by atoms with Crippen molar-refractivity contribution in [2.75, 3.05) is 46.4 Å². The molecular formula is C16H24N2O4. The number of carbonyl (C=O) groups excluding carboxylic acids is 1. The Kier molecular flexibility index (Phi) is 5.76. The summed E-state index contributed by atoms with van der Waals surface area (Å²) in [6, 6.07) is 5.50. The number of β-amino-alcohol motifs (C(OH)–C–C–N with tert-alkyl or cyclic N) is 2. The Hall–Kier alpha value is -1.63. The molecule has 6 heteroatoms. The van der Waals surface area contributed by atoms with Gasteiger partial charge in [0.2, 0.25) is 0 Å². The topological polar surface area (TPSA) is 73.2 Å². The first-order valence-corrected chi connectivity index (χ1v) is 7.51. The molecule has 0 saturated carbocycles. The fourth-order valence-corrected chi connectivity index (χ4v) is 2.83. The molecule has 1 aromatic carbocycles. The molecule has 2 rings (SSSR count). The van der Waals surface area contributed by atoms with Gasteiger partial charge in [-0.2, -0.15) is 0 Å². The van der Waals surface area contributed by atoms with Gasteiger partial charge in [-0.15, -0.1) is 0 Å². The number of aliphatic hydroxyl groups excluding tert-OH is 2. The number of nitrogens with zero attached hydrogens (tertiary/aromatic N) is 2. The number of rotatable bonds is 4. The van der Waals surface area contributed by atoms with Crippen LogP contribution in [0.2, 0.25) is 0 Å². The molecule has 0 unspecified atom stereocenters. The Morgan fingerprint density at radius 2 is 2.14 bits per heavy atom. The van der Waals surface area contributed by atoms with Crippen molar-refractivity contribution in [2.45, 2.75) is 13.0 Å². The van der Waals surface area contributed by atoms with E-state index in [0.717, 1.165) is 5.56 Å². The van der Waals surface area contributed by atoms with Crippen LogP contribution in [-0.4, -0.2) is 78.5 Å². The van der Waals surface area contributed by atoms with E-state index < -0.39 is 6.10 Å². The summed E-state index contributed by atoms with van der Waals surface area (Å²) in [6.45, 7) is 4.35. The summed E-state index contributed by atoms with van der Waals surface area (Å²) in [6.07, 6.45) is -0.618. The molecule has 1 aromatic rings. The van der Waals surface area contributed by atoms with Crippen LogP contribution in [0, 0.1) is 6.92 Å². The first kappa shape index (κ1) is 16.7. The minimum atomic E-state index is -0.618. The highest BCUT2D eigenvalue weighted by atomic mass is 16.5. The van der Waals surface area contributed by atoms with E-state index in [2.05, 4.69) is 0 Å². The van der Waals surface area contributed by atoms with Crippen LogP contribution in [0.5, 0.6) is 5.75 Å². The summed E-state index contributed by atoms with van der Waals surface area (Å²) in [5, 5.41) is 19.1. The summed E-state index contributed by atoms with van der Waals surface area (Å²) in [5.41, 5.74) is 1.41. The van der Waals surface area contributed by atoms with Gasteiger partial charge in [0.05, 0.1) is 25.4 Å². The van der Waals surface area contributed by atoms with E-state index in [1.807, 2.05) is 24.0 Å². The molecule has 1 amide bonds. The number of hydrogen-bond acceptors (Lipinski definition) is 5. The number of amides is 1. The minimum absolute atomic E-state index is 0.0479. The second kappa shape index (κ2) is 7.58. The number of benzene rings is 1. The molecule has 1 aliphatic rings. The van der Waals surface area contributed by atoms with E-state index in [-0.39, 0.29) is 19.1 Å². The van der Waals surface area contributed by atoms with Crippen molar-refractivity contribution < 1.29 is 19.7 Å². The second-order valence-electron chi connectivity index (χ2n) is 5.58. The molecule has 1 fully saturated rings. The van der Waals surface area contributed by atoms with E-state index in [1.165, 1.54) is 0 Å². The molecule has 0 spiro atoms. The van der Waals surface area contributed by atoms with Crippen molar-refractivity contribution in [1.29, 1.82) is 0 Å². The third-order valence-electron chi connectivity index (χ3n) is 3.96. The largest absolute Gasteiger partial charge is 0.496 e. The Balaban J connectivity index is 2.19. The third-order valence-corrected chi connectivity index (χ3v) is 3.96. The van der Waals surface area contributed by atoms with E-state index >= 15 is 0 Å². The van der Waals surface area contributed by atoms with Crippen molar-refractivity contribution >= 4 is 5.91 Å². The molecule has 1 aliphatic heterocycles. The molecule has 1 saturated heterocycles. The quantitative estimate of drug-likeness (QED) is 0.826. The van der Waals surface area contributed by atoms with Gasteiger partial charge in [-0.3, -0.25) is 9.69 Å². The van der Waals surface area contributed by atoms with Gasteiger partial charge >= 0.3 is 0 Å². The van der Waals surface area contributed by atoms with Crippen LogP contribution in [-0.2, 0) is 0 Å². The molecule has 0 bridgehead atoms. The zero-order valence-corrected chi connectivity index (χ0v) is 13.2. The van der Waals surface area contributed by atoms with Gasteiger partial charge < -0.3 is 19.8 Å². The lowest BCUT2D eigenvalue weighted by molar-refractivity contribution is 0.0657. The summed E-state index contributed by atoms with van der Waals surface area (Å²) >= 11 is 0. The number of aliphatic hydroxyl groups is 2. The molecule has 6 nitrogen and oxygen atoms in total. The number of hydrogen-bond donors (Lipinski definition) is 2. The van der Waals surface area contributed by atoms with Gasteiger partial charge in [0.15, 0.2) is 0 Å². The molecule has 1 heterocycles. The van der Waals surface area contributed by atoms with Gasteiger partial charge in [-0.05, 0) is 18.6 Å². The molecule has 2 N–H and O–H groups in total. The standard InChI is InChI=1S/C16H24N2O4/c1-12-4-3-5-14(22-2)15(12)16(21)18-7-6-17(8-9-19)10-13(20)11-18/h3-5,13,19-20H,6-11H2,1-2H3/t13-/m1/s1. The molecule has 1 atom stereocenters. The normalized spacial score (nSPS) is 19.8. The zero-order chi connectivity index (χ0) is 16.1. The highest BCUT2D eigenvalue weighted by Crippen LogP contribution is 2.24. The maximum Gasteiger partial charge on any atom is 0.258 e. The molecular weight excluding hydrogens is 284 g/mol. The SMILES string of the molecule is COc1cccc(C)c1C(=O)N1CCN(CCO)C[C@@H](O)C1. The highest BCUT2D eigenvalue weighted by Gasteiger charge is 2.27. The average Bonchev–Trinajstić information content (AvgIpc) is 2.68. The molecule has 122 valence electrons. The van der Waals surface area contributed by atoms with Gasteiger partial charge in [0.25, 0.3) is 5.91 Å². The number of aryl methyl sites for hydroxylation is 1. The maximum atomic E-state index is 12.8. The van der Waals surface area contributed by atoms with Crippen LogP contribution >= 0.6 is 0 Å². The van der Waals surface area contributed by atoms with Gasteiger partial charge in [-0.1, -0.05) is 12.1 Å². The monoisotopic (exact) mass is 308 g/mol. The zero-order valence-electron chi connectivity index (χ0n) is 13.2. The van der Waals surface area contributed by atoms with Crippen LogP contribution in [0.3, 0.4) is 0 Å². The van der Waals surface area contributed by atoms with Gasteiger partial charge in [0.1, 0.15) is 5.75 Å². The van der Waals surface area contributed by atoms with Crippen LogP contribution in [0.15, 0.2) is 18.2 Å². The van der Waals surface area contributed by atoms with E-state index in [9.17, 15) is 9.90 Å². The lowest BCUT2D eigenvalue weighted by Crippen LogP contribution is -2.38. The Labute approximate surface area is 130 Å². The Morgan fingerprint density at radius 3 is 2.82 bits per heavy atom. The van der Waals surface area contributed by atoms with E-state index in [1.54, 1.807) is 18.1 Å². The van der Waals surface area contributed by atoms with Crippen molar-refractivity contribution in [3.63, 3.8) is 0 Å². The molecule has 0 aromatic heterocycles. The van der Waals surface area contributed by atoms with Gasteiger partial charge in [0, 0.05) is 32.7 Å². The first-order valence-electron chi connectivity index (χ1n) is 7.51. The van der Waals surface area contributed by atoms with E-state index in [0.29, 0.717) is 37.5 Å². The highest BCUT2D eigenvalue weighted by molar-refractivity contribution is 5.98. The Bertz CT molecular complexity index is 521. The van der Waals surface area contributed by atoms with Crippen molar-refractivity contribution in [3.8, 4) is 5.75 Å². The lowest BCUT2D eigenvalue weighted by Gasteiger charge is -2.23. The van der Waals surface area contributed by atoms with Crippen LogP contribution < -0.4 is 4.74 Å². The van der Waals surface area contributed by atoms with Crippen LogP contribution in [0.4, 0.5) is 0 Å². The third kappa shape index (κ3) is 3.76. The summed E-state index contributed by atoms with van der Waals surface area (Å²) in [7, 11) is 1.55. The van der Waals surface area contributed by atoms with Crippen LogP contribution in [0.1, 0.15) is 15.9 Å². The lowest BCUT2D eigenvalue weighted by atomic mass is 10.1. The summed E-state index contributed by atoms with van der Waals surface area (Å²) in [5.74, 6) is 0.427. The number of carbonyl (C=O) groups is 1. The average molecular weight is 308 g/mol. The van der Waals surface area contributed by atoms with Crippen molar-refractivity contribution in [1.82, 2.24) is 9.80 Å². The van der Waals surface area contributed by atoms with Gasteiger partial charge in [-0.25, -0.2) is 0 Å². The fraction of sp³-hybridized carbons (Fsp3) is 0.562. The summed E-state index contributed by atoms with van der Waals surface area (Å²) in [4.78, 5) is 16.5. The predicted molar refractivity (Wildman–Crippen MR) is 83.2 cm³/mol.